The second-order valence-electron chi connectivity index (χ2n) is 6.67. The Morgan fingerprint density at radius 2 is 1.48 bits per heavy atom. The minimum absolute atomic E-state index is 0.0369. The third kappa shape index (κ3) is 6.14. The molecule has 0 radical (unpaired) electrons. The van der Waals surface area contributed by atoms with E-state index in [0.717, 1.165) is 22.7 Å². The van der Waals surface area contributed by atoms with Gasteiger partial charge in [-0.1, -0.05) is 32.0 Å². The van der Waals surface area contributed by atoms with Crippen molar-refractivity contribution in [1.82, 2.24) is 5.32 Å². The molecule has 0 heterocycles. The van der Waals surface area contributed by atoms with E-state index in [4.69, 9.17) is 21.7 Å². The Balaban J connectivity index is 2.01. The van der Waals surface area contributed by atoms with E-state index in [1.54, 1.807) is 0 Å². The molecular weight excluding hydrogens is 356 g/mol. The average Bonchev–Trinajstić information content (AvgIpc) is 2.63. The predicted molar refractivity (Wildman–Crippen MR) is 117 cm³/mol. The molecule has 2 aromatic rings. The Bertz CT molecular complexity index is 744. The van der Waals surface area contributed by atoms with Gasteiger partial charge < -0.3 is 20.1 Å². The first-order valence-corrected chi connectivity index (χ1v) is 9.92. The van der Waals surface area contributed by atoms with Crippen molar-refractivity contribution in [2.45, 2.75) is 46.6 Å². The molecule has 27 heavy (non-hydrogen) atoms. The van der Waals surface area contributed by atoms with Crippen LogP contribution in [0, 0.1) is 0 Å². The number of hydrogen-bond acceptors (Lipinski definition) is 3. The van der Waals surface area contributed by atoms with Gasteiger partial charge in [0.15, 0.2) is 16.6 Å². The minimum atomic E-state index is 0.0369. The number of anilines is 1. The van der Waals surface area contributed by atoms with Gasteiger partial charge in [-0.15, -0.1) is 0 Å². The van der Waals surface area contributed by atoms with Crippen LogP contribution in [0.25, 0.3) is 0 Å². The minimum Gasteiger partial charge on any atom is -0.490 e. The highest BCUT2D eigenvalue weighted by molar-refractivity contribution is 7.80. The molecule has 0 aromatic heterocycles. The smallest absolute Gasteiger partial charge is 0.171 e. The fraction of sp³-hybridized carbons (Fsp3) is 0.409. The molecule has 4 nitrogen and oxygen atoms in total. The summed E-state index contributed by atoms with van der Waals surface area (Å²) >= 11 is 5.47. The van der Waals surface area contributed by atoms with Crippen LogP contribution in [0.5, 0.6) is 11.5 Å². The fourth-order valence-electron chi connectivity index (χ4n) is 2.74. The van der Waals surface area contributed by atoms with Gasteiger partial charge in [-0.2, -0.15) is 0 Å². The number of nitrogens with one attached hydrogen (secondary N) is 2. The summed E-state index contributed by atoms with van der Waals surface area (Å²) in [6.07, 6.45) is 0. The Labute approximate surface area is 168 Å². The summed E-state index contributed by atoms with van der Waals surface area (Å²) in [6, 6.07) is 14.4. The summed E-state index contributed by atoms with van der Waals surface area (Å²) in [5, 5.41) is 7.16. The first kappa shape index (κ1) is 21.0. The predicted octanol–water partition coefficient (Wildman–Crippen LogP) is 5.66. The molecule has 2 N–H and O–H groups in total. The van der Waals surface area contributed by atoms with Crippen LogP contribution in [0.4, 0.5) is 5.69 Å². The molecule has 1 unspecified atom stereocenters. The van der Waals surface area contributed by atoms with Crippen molar-refractivity contribution in [3.63, 3.8) is 0 Å². The molecule has 0 saturated heterocycles. The van der Waals surface area contributed by atoms with Crippen molar-refractivity contribution in [1.29, 1.82) is 0 Å². The highest BCUT2D eigenvalue weighted by atomic mass is 32.1. The highest BCUT2D eigenvalue weighted by Crippen LogP contribution is 2.30. The van der Waals surface area contributed by atoms with Crippen molar-refractivity contribution >= 4 is 23.0 Å². The lowest BCUT2D eigenvalue weighted by molar-refractivity contribution is 0.287. The first-order chi connectivity index (χ1) is 12.9. The lowest BCUT2D eigenvalue weighted by atomic mass is 10.0. The van der Waals surface area contributed by atoms with E-state index in [1.165, 1.54) is 5.56 Å². The number of benzene rings is 2. The van der Waals surface area contributed by atoms with E-state index in [9.17, 15) is 0 Å². The molecule has 0 aliphatic heterocycles. The van der Waals surface area contributed by atoms with Gasteiger partial charge in [-0.25, -0.2) is 0 Å². The lowest BCUT2D eigenvalue weighted by Crippen LogP contribution is -2.30. The van der Waals surface area contributed by atoms with Gasteiger partial charge in [0.2, 0.25) is 0 Å². The largest absolute Gasteiger partial charge is 0.490 e. The molecule has 5 heteroatoms. The van der Waals surface area contributed by atoms with Crippen LogP contribution in [0.2, 0.25) is 0 Å². The van der Waals surface area contributed by atoms with Gasteiger partial charge >= 0.3 is 0 Å². The zero-order valence-corrected chi connectivity index (χ0v) is 17.7. The van der Waals surface area contributed by atoms with E-state index < -0.39 is 0 Å². The van der Waals surface area contributed by atoms with Crippen molar-refractivity contribution < 1.29 is 9.47 Å². The number of rotatable bonds is 8. The Morgan fingerprint density at radius 1 is 0.889 bits per heavy atom. The van der Waals surface area contributed by atoms with E-state index in [-0.39, 0.29) is 6.04 Å². The van der Waals surface area contributed by atoms with Crippen LogP contribution in [0.3, 0.4) is 0 Å². The Hall–Kier alpha value is -2.27. The molecule has 146 valence electrons. The molecule has 0 bridgehead atoms. The summed E-state index contributed by atoms with van der Waals surface area (Å²) in [4.78, 5) is 0. The number of ether oxygens (including phenoxy) is 2. The first-order valence-electron chi connectivity index (χ1n) is 9.51. The van der Waals surface area contributed by atoms with Crippen LogP contribution in [-0.2, 0) is 0 Å². The highest BCUT2D eigenvalue weighted by Gasteiger charge is 2.12. The molecule has 0 aliphatic carbocycles. The normalized spacial score (nSPS) is 11.8. The second kappa shape index (κ2) is 10.2. The summed E-state index contributed by atoms with van der Waals surface area (Å²) in [5.41, 5.74) is 3.37. The quantitative estimate of drug-likeness (QED) is 0.574. The number of thiocarbonyl (C=S) groups is 1. The molecule has 0 aliphatic rings. The SMILES string of the molecule is CCOc1ccc(C(C)NC(=S)Nc2ccc(C(C)C)cc2)cc1OCC. The summed E-state index contributed by atoms with van der Waals surface area (Å²) in [6.45, 7) is 11.6. The van der Waals surface area contributed by atoms with Gasteiger partial charge in [-0.05, 0) is 74.3 Å². The van der Waals surface area contributed by atoms with Gasteiger partial charge in [-0.3, -0.25) is 0 Å². The Morgan fingerprint density at radius 3 is 2.07 bits per heavy atom. The topological polar surface area (TPSA) is 42.5 Å². The molecule has 2 rings (SSSR count). The molecule has 2 aromatic carbocycles. The molecular formula is C22H30N2O2S. The lowest BCUT2D eigenvalue weighted by Gasteiger charge is -2.19. The van der Waals surface area contributed by atoms with Gasteiger partial charge in [0, 0.05) is 5.69 Å². The van der Waals surface area contributed by atoms with E-state index >= 15 is 0 Å². The maximum absolute atomic E-state index is 5.71. The van der Waals surface area contributed by atoms with E-state index in [0.29, 0.717) is 24.2 Å². The van der Waals surface area contributed by atoms with Crippen molar-refractivity contribution in [3.8, 4) is 11.5 Å². The van der Waals surface area contributed by atoms with Crippen LogP contribution >= 0.6 is 12.2 Å². The summed E-state index contributed by atoms with van der Waals surface area (Å²) in [5.74, 6) is 2.04. The van der Waals surface area contributed by atoms with Gasteiger partial charge in [0.1, 0.15) is 0 Å². The molecule has 0 fully saturated rings. The van der Waals surface area contributed by atoms with Crippen molar-refractivity contribution in [2.75, 3.05) is 18.5 Å². The standard InChI is InChI=1S/C22H30N2O2S/c1-6-25-20-13-10-18(14-21(20)26-7-2)16(5)23-22(27)24-19-11-8-17(9-12-19)15(3)4/h8-16H,6-7H2,1-5H3,(H2,23,24,27). The monoisotopic (exact) mass is 386 g/mol. The maximum Gasteiger partial charge on any atom is 0.171 e. The van der Waals surface area contributed by atoms with Gasteiger partial charge in [0.25, 0.3) is 0 Å². The summed E-state index contributed by atoms with van der Waals surface area (Å²) in [7, 11) is 0. The molecule has 0 spiro atoms. The second-order valence-corrected chi connectivity index (χ2v) is 7.08. The van der Waals surface area contributed by atoms with Crippen molar-refractivity contribution in [2.24, 2.45) is 0 Å². The van der Waals surface area contributed by atoms with Gasteiger partial charge in [0.05, 0.1) is 19.3 Å². The Kier molecular flexibility index (Phi) is 7.92. The molecule has 0 saturated carbocycles. The van der Waals surface area contributed by atoms with Crippen LogP contribution in [0.1, 0.15) is 57.7 Å². The van der Waals surface area contributed by atoms with Crippen LogP contribution in [-0.4, -0.2) is 18.3 Å². The zero-order chi connectivity index (χ0) is 19.8. The van der Waals surface area contributed by atoms with E-state index in [1.807, 2.05) is 32.0 Å². The van der Waals surface area contributed by atoms with Crippen LogP contribution < -0.4 is 20.1 Å². The average molecular weight is 387 g/mol. The number of hydrogen-bond donors (Lipinski definition) is 2. The maximum atomic E-state index is 5.71. The third-order valence-corrected chi connectivity index (χ3v) is 4.47. The van der Waals surface area contributed by atoms with Crippen molar-refractivity contribution in [3.05, 3.63) is 53.6 Å². The van der Waals surface area contributed by atoms with Crippen LogP contribution in [0.15, 0.2) is 42.5 Å². The third-order valence-electron chi connectivity index (χ3n) is 4.25. The zero-order valence-electron chi connectivity index (χ0n) is 16.8. The fourth-order valence-corrected chi connectivity index (χ4v) is 3.03. The molecule has 0 amide bonds. The summed E-state index contributed by atoms with van der Waals surface area (Å²) < 4.78 is 11.3. The van der Waals surface area contributed by atoms with E-state index in [2.05, 4.69) is 55.7 Å². The molecule has 1 atom stereocenters.